The number of hydrogen-bond donors (Lipinski definition) is 2. The summed E-state index contributed by atoms with van der Waals surface area (Å²) >= 11 is 5.64. The van der Waals surface area contributed by atoms with Crippen LogP contribution in [0.2, 0.25) is 5.02 Å². The molecular formula is C12H10ClF2NO3. The Morgan fingerprint density at radius 2 is 1.89 bits per heavy atom. The van der Waals surface area contributed by atoms with Gasteiger partial charge in [-0.1, -0.05) is 11.6 Å². The van der Waals surface area contributed by atoms with Crippen molar-refractivity contribution in [1.29, 1.82) is 0 Å². The second-order valence-electron chi connectivity index (χ2n) is 4.51. The summed E-state index contributed by atoms with van der Waals surface area (Å²) in [5, 5.41) is 11.1. The molecule has 1 fully saturated rings. The van der Waals surface area contributed by atoms with Crippen LogP contribution in [-0.2, 0) is 4.79 Å². The Balaban J connectivity index is 2.09. The van der Waals surface area contributed by atoms with Gasteiger partial charge in [0.15, 0.2) is 11.6 Å². The largest absolute Gasteiger partial charge is 0.481 e. The number of carboxylic acid groups (broad SMARTS) is 1. The monoisotopic (exact) mass is 289 g/mol. The van der Waals surface area contributed by atoms with Crippen LogP contribution in [-0.4, -0.2) is 23.5 Å². The van der Waals surface area contributed by atoms with E-state index in [0.29, 0.717) is 25.0 Å². The number of aliphatic carboxylic acids is 1. The summed E-state index contributed by atoms with van der Waals surface area (Å²) in [5.41, 5.74) is -1.15. The average Bonchev–Trinajstić information content (AvgIpc) is 3.12. The Bertz CT molecular complexity index is 558. The summed E-state index contributed by atoms with van der Waals surface area (Å²) in [4.78, 5) is 22.7. The Kier molecular flexibility index (Phi) is 3.45. The molecule has 2 rings (SSSR count). The van der Waals surface area contributed by atoms with Crippen molar-refractivity contribution < 1.29 is 23.5 Å². The molecular weight excluding hydrogens is 280 g/mol. The lowest BCUT2D eigenvalue weighted by molar-refractivity contribution is -0.143. The summed E-state index contributed by atoms with van der Waals surface area (Å²) in [5.74, 6) is -4.04. The van der Waals surface area contributed by atoms with Gasteiger partial charge in [0.2, 0.25) is 0 Å². The van der Waals surface area contributed by atoms with Crippen LogP contribution in [0.15, 0.2) is 12.1 Å². The molecule has 4 nitrogen and oxygen atoms in total. The minimum Gasteiger partial charge on any atom is -0.481 e. The minimum absolute atomic E-state index is 0.0590. The molecule has 7 heteroatoms. The van der Waals surface area contributed by atoms with Gasteiger partial charge in [-0.05, 0) is 25.0 Å². The Hall–Kier alpha value is -1.69. The van der Waals surface area contributed by atoms with Crippen molar-refractivity contribution >= 4 is 23.5 Å². The molecule has 0 atom stereocenters. The predicted octanol–water partition coefficient (Wildman–Crippen LogP) is 2.21. The van der Waals surface area contributed by atoms with E-state index in [4.69, 9.17) is 16.7 Å². The van der Waals surface area contributed by atoms with Crippen LogP contribution in [0.4, 0.5) is 8.78 Å². The van der Waals surface area contributed by atoms with Crippen molar-refractivity contribution in [2.75, 3.05) is 6.54 Å². The molecule has 0 saturated heterocycles. The predicted molar refractivity (Wildman–Crippen MR) is 63.0 cm³/mol. The molecule has 0 bridgehead atoms. The molecule has 0 aliphatic heterocycles. The highest BCUT2D eigenvalue weighted by Crippen LogP contribution is 2.45. The summed E-state index contributed by atoms with van der Waals surface area (Å²) in [6, 6.07) is 1.39. The van der Waals surface area contributed by atoms with Crippen molar-refractivity contribution in [2.45, 2.75) is 12.8 Å². The Morgan fingerprint density at radius 1 is 1.32 bits per heavy atom. The fraction of sp³-hybridized carbons (Fsp3) is 0.333. The summed E-state index contributed by atoms with van der Waals surface area (Å²) < 4.78 is 25.9. The van der Waals surface area contributed by atoms with Gasteiger partial charge < -0.3 is 10.4 Å². The first-order valence-corrected chi connectivity index (χ1v) is 5.90. The molecule has 19 heavy (non-hydrogen) atoms. The molecule has 1 aliphatic carbocycles. The zero-order valence-electron chi connectivity index (χ0n) is 9.67. The van der Waals surface area contributed by atoms with Gasteiger partial charge in [0.1, 0.15) is 0 Å². The zero-order valence-corrected chi connectivity index (χ0v) is 10.4. The fourth-order valence-electron chi connectivity index (χ4n) is 1.66. The number of amides is 1. The van der Waals surface area contributed by atoms with E-state index in [9.17, 15) is 18.4 Å². The van der Waals surface area contributed by atoms with Crippen molar-refractivity contribution in [3.63, 3.8) is 0 Å². The summed E-state index contributed by atoms with van der Waals surface area (Å²) in [6.07, 6.45) is 0.961. The highest BCUT2D eigenvalue weighted by molar-refractivity contribution is 6.33. The van der Waals surface area contributed by atoms with Crippen LogP contribution in [0.1, 0.15) is 23.2 Å². The molecule has 1 aromatic rings. The van der Waals surface area contributed by atoms with E-state index >= 15 is 0 Å². The number of carboxylic acids is 1. The molecule has 0 unspecified atom stereocenters. The lowest BCUT2D eigenvalue weighted by Gasteiger charge is -2.12. The molecule has 0 spiro atoms. The Morgan fingerprint density at radius 3 is 2.42 bits per heavy atom. The van der Waals surface area contributed by atoms with E-state index in [1.54, 1.807) is 0 Å². The standard InChI is InChI=1S/C12H10ClF2NO3/c13-7-4-9(15)8(14)3-6(7)10(17)16-5-12(1-2-12)11(18)19/h3-4H,1-2,5H2,(H,16,17)(H,18,19). The zero-order chi connectivity index (χ0) is 14.2. The van der Waals surface area contributed by atoms with Gasteiger partial charge in [0, 0.05) is 6.54 Å². The quantitative estimate of drug-likeness (QED) is 0.835. The maximum Gasteiger partial charge on any atom is 0.311 e. The molecule has 0 radical (unpaired) electrons. The highest BCUT2D eigenvalue weighted by Gasteiger charge is 2.50. The Labute approximate surface area is 112 Å². The average molecular weight is 290 g/mol. The number of benzene rings is 1. The summed E-state index contributed by atoms with van der Waals surface area (Å²) in [7, 11) is 0. The van der Waals surface area contributed by atoms with Gasteiger partial charge >= 0.3 is 5.97 Å². The molecule has 2 N–H and O–H groups in total. The number of carbonyl (C=O) groups excluding carboxylic acids is 1. The van der Waals surface area contributed by atoms with Gasteiger partial charge in [-0.15, -0.1) is 0 Å². The van der Waals surface area contributed by atoms with Crippen LogP contribution in [0.25, 0.3) is 0 Å². The van der Waals surface area contributed by atoms with E-state index in [1.807, 2.05) is 0 Å². The molecule has 102 valence electrons. The first-order chi connectivity index (χ1) is 8.85. The maximum atomic E-state index is 13.0. The van der Waals surface area contributed by atoms with E-state index in [-0.39, 0.29) is 17.1 Å². The van der Waals surface area contributed by atoms with E-state index < -0.39 is 28.9 Å². The fourth-order valence-corrected chi connectivity index (χ4v) is 1.89. The minimum atomic E-state index is -1.19. The molecule has 1 aliphatic rings. The third-order valence-corrected chi connectivity index (χ3v) is 3.46. The third-order valence-electron chi connectivity index (χ3n) is 3.15. The molecule has 1 aromatic carbocycles. The number of hydrogen-bond acceptors (Lipinski definition) is 2. The van der Waals surface area contributed by atoms with E-state index in [2.05, 4.69) is 5.32 Å². The van der Waals surface area contributed by atoms with Crippen molar-refractivity contribution in [1.82, 2.24) is 5.32 Å². The van der Waals surface area contributed by atoms with Crippen molar-refractivity contribution in [2.24, 2.45) is 5.41 Å². The first kappa shape index (κ1) is 13.7. The van der Waals surface area contributed by atoms with Crippen LogP contribution in [0.3, 0.4) is 0 Å². The highest BCUT2D eigenvalue weighted by atomic mass is 35.5. The van der Waals surface area contributed by atoms with E-state index in [1.165, 1.54) is 0 Å². The molecule has 0 heterocycles. The van der Waals surface area contributed by atoms with E-state index in [0.717, 1.165) is 0 Å². The van der Waals surface area contributed by atoms with Gasteiger partial charge in [-0.25, -0.2) is 8.78 Å². The number of halogens is 3. The van der Waals surface area contributed by atoms with Gasteiger partial charge in [-0.3, -0.25) is 9.59 Å². The number of nitrogens with one attached hydrogen (secondary N) is 1. The SMILES string of the molecule is O=C(NCC1(C(=O)O)CC1)c1cc(F)c(F)cc1Cl. The smallest absolute Gasteiger partial charge is 0.311 e. The van der Waals surface area contributed by atoms with Crippen LogP contribution in [0.5, 0.6) is 0 Å². The van der Waals surface area contributed by atoms with Gasteiger partial charge in [0.25, 0.3) is 5.91 Å². The molecule has 0 aromatic heterocycles. The molecule has 1 saturated carbocycles. The second kappa shape index (κ2) is 4.77. The van der Waals surface area contributed by atoms with Gasteiger partial charge in [0.05, 0.1) is 16.0 Å². The second-order valence-corrected chi connectivity index (χ2v) is 4.92. The lowest BCUT2D eigenvalue weighted by atomic mass is 10.1. The first-order valence-electron chi connectivity index (χ1n) is 5.52. The lowest BCUT2D eigenvalue weighted by Crippen LogP contribution is -2.34. The number of carbonyl (C=O) groups is 2. The van der Waals surface area contributed by atoms with Crippen molar-refractivity contribution in [3.8, 4) is 0 Å². The van der Waals surface area contributed by atoms with Crippen molar-refractivity contribution in [3.05, 3.63) is 34.4 Å². The molecule has 1 amide bonds. The van der Waals surface area contributed by atoms with Gasteiger partial charge in [-0.2, -0.15) is 0 Å². The van der Waals surface area contributed by atoms with Crippen LogP contribution >= 0.6 is 11.6 Å². The summed E-state index contributed by atoms with van der Waals surface area (Å²) in [6.45, 7) is -0.0590. The maximum absolute atomic E-state index is 13.0. The number of rotatable bonds is 4. The topological polar surface area (TPSA) is 66.4 Å². The normalized spacial score (nSPS) is 15.9. The third kappa shape index (κ3) is 2.68. The van der Waals surface area contributed by atoms with Crippen LogP contribution < -0.4 is 5.32 Å². The van der Waals surface area contributed by atoms with Crippen LogP contribution in [0, 0.1) is 17.0 Å².